The Morgan fingerprint density at radius 2 is 1.74 bits per heavy atom. The lowest BCUT2D eigenvalue weighted by Crippen LogP contribution is -2.21. The minimum Gasteiger partial charge on any atom is -0.377 e. The monoisotopic (exact) mass is 388 g/mol. The number of hydrogen-bond acceptors (Lipinski definition) is 4. The molecule has 2 N–H and O–H groups in total. The molecule has 0 saturated carbocycles. The maximum Gasteiger partial charge on any atom is 0.244 e. The van der Waals surface area contributed by atoms with Crippen LogP contribution in [0.5, 0.6) is 0 Å². The quantitative estimate of drug-likeness (QED) is 0.647. The minimum atomic E-state index is -3.30. The zero-order chi connectivity index (χ0) is 19.7. The van der Waals surface area contributed by atoms with Gasteiger partial charge in [-0.1, -0.05) is 36.4 Å². The van der Waals surface area contributed by atoms with Gasteiger partial charge in [0.15, 0.2) is 0 Å². The summed E-state index contributed by atoms with van der Waals surface area (Å²) in [7, 11) is -3.30. The number of rotatable bonds is 9. The van der Waals surface area contributed by atoms with Crippen LogP contribution in [0.4, 0.5) is 5.69 Å². The van der Waals surface area contributed by atoms with Crippen molar-refractivity contribution in [2.75, 3.05) is 17.6 Å². The standard InChI is InChI=1S/C20H24N2O4S/c1-3-26-15-18-7-5-4-6-17(18)14-21-20(23)13-10-16-8-11-19(12-9-16)22-27(2,24)25/h4-13,22H,3,14-15H2,1-2H3,(H,21,23)/b13-10+. The fourth-order valence-corrected chi connectivity index (χ4v) is 2.94. The molecule has 2 aromatic rings. The summed E-state index contributed by atoms with van der Waals surface area (Å²) in [5.41, 5.74) is 3.34. The predicted octanol–water partition coefficient (Wildman–Crippen LogP) is 2.92. The van der Waals surface area contributed by atoms with E-state index < -0.39 is 10.0 Å². The second kappa shape index (κ2) is 9.89. The van der Waals surface area contributed by atoms with E-state index in [2.05, 4.69) is 10.0 Å². The summed E-state index contributed by atoms with van der Waals surface area (Å²) in [5.74, 6) is -0.209. The molecular formula is C20H24N2O4S. The van der Waals surface area contributed by atoms with Crippen molar-refractivity contribution >= 4 is 27.7 Å². The molecule has 0 unspecified atom stereocenters. The third kappa shape index (κ3) is 7.64. The van der Waals surface area contributed by atoms with E-state index in [-0.39, 0.29) is 5.91 Å². The van der Waals surface area contributed by atoms with Crippen molar-refractivity contribution in [3.63, 3.8) is 0 Å². The van der Waals surface area contributed by atoms with Crippen LogP contribution >= 0.6 is 0 Å². The molecule has 144 valence electrons. The van der Waals surface area contributed by atoms with Gasteiger partial charge in [0.25, 0.3) is 0 Å². The number of benzene rings is 2. The maximum absolute atomic E-state index is 12.0. The van der Waals surface area contributed by atoms with E-state index in [0.717, 1.165) is 22.9 Å². The highest BCUT2D eigenvalue weighted by Crippen LogP contribution is 2.12. The Morgan fingerprint density at radius 3 is 2.37 bits per heavy atom. The smallest absolute Gasteiger partial charge is 0.244 e. The highest BCUT2D eigenvalue weighted by atomic mass is 32.2. The maximum atomic E-state index is 12.0. The van der Waals surface area contributed by atoms with Gasteiger partial charge in [-0.2, -0.15) is 0 Å². The van der Waals surface area contributed by atoms with Gasteiger partial charge in [0.2, 0.25) is 15.9 Å². The van der Waals surface area contributed by atoms with Gasteiger partial charge in [0.1, 0.15) is 0 Å². The van der Waals surface area contributed by atoms with E-state index in [1.165, 1.54) is 6.08 Å². The zero-order valence-corrected chi connectivity index (χ0v) is 16.3. The average molecular weight is 388 g/mol. The summed E-state index contributed by atoms with van der Waals surface area (Å²) in [6.45, 7) is 3.52. The molecule has 0 aliphatic heterocycles. The number of anilines is 1. The molecule has 0 aliphatic carbocycles. The highest BCUT2D eigenvalue weighted by Gasteiger charge is 2.04. The number of nitrogens with one attached hydrogen (secondary N) is 2. The van der Waals surface area contributed by atoms with Crippen molar-refractivity contribution < 1.29 is 17.9 Å². The molecule has 6 nitrogen and oxygen atoms in total. The fourth-order valence-electron chi connectivity index (χ4n) is 2.37. The molecule has 0 radical (unpaired) electrons. The van der Waals surface area contributed by atoms with Crippen LogP contribution in [0.1, 0.15) is 23.6 Å². The van der Waals surface area contributed by atoms with Crippen LogP contribution in [0.25, 0.3) is 6.08 Å². The summed E-state index contributed by atoms with van der Waals surface area (Å²) < 4.78 is 30.2. The Balaban J connectivity index is 1.90. The minimum absolute atomic E-state index is 0.209. The van der Waals surface area contributed by atoms with E-state index in [4.69, 9.17) is 4.74 Å². The molecule has 27 heavy (non-hydrogen) atoms. The number of carbonyl (C=O) groups is 1. The van der Waals surface area contributed by atoms with E-state index in [0.29, 0.717) is 25.4 Å². The largest absolute Gasteiger partial charge is 0.377 e. The van der Waals surface area contributed by atoms with Crippen molar-refractivity contribution in [1.29, 1.82) is 0 Å². The summed E-state index contributed by atoms with van der Waals surface area (Å²) in [4.78, 5) is 12.0. The van der Waals surface area contributed by atoms with Crippen molar-refractivity contribution in [1.82, 2.24) is 5.32 Å². The van der Waals surface area contributed by atoms with Gasteiger partial charge in [0, 0.05) is 24.9 Å². The van der Waals surface area contributed by atoms with Gasteiger partial charge >= 0.3 is 0 Å². The Labute approximate surface area is 160 Å². The Hall–Kier alpha value is -2.64. The van der Waals surface area contributed by atoms with Gasteiger partial charge in [-0.15, -0.1) is 0 Å². The average Bonchev–Trinajstić information content (AvgIpc) is 2.63. The first-order chi connectivity index (χ1) is 12.9. The zero-order valence-electron chi connectivity index (χ0n) is 15.4. The summed E-state index contributed by atoms with van der Waals surface area (Å²) >= 11 is 0. The lowest BCUT2D eigenvalue weighted by atomic mass is 10.1. The summed E-state index contributed by atoms with van der Waals surface area (Å²) in [5, 5.41) is 2.86. The van der Waals surface area contributed by atoms with Crippen molar-refractivity contribution in [2.24, 2.45) is 0 Å². The van der Waals surface area contributed by atoms with Crippen LogP contribution in [0.3, 0.4) is 0 Å². The molecule has 2 rings (SSSR count). The van der Waals surface area contributed by atoms with Crippen molar-refractivity contribution in [3.8, 4) is 0 Å². The van der Waals surface area contributed by atoms with Crippen LogP contribution in [0, 0.1) is 0 Å². The Morgan fingerprint density at radius 1 is 1.07 bits per heavy atom. The SMILES string of the molecule is CCOCc1ccccc1CNC(=O)/C=C/c1ccc(NS(C)(=O)=O)cc1. The molecule has 0 bridgehead atoms. The molecule has 7 heteroatoms. The van der Waals surface area contributed by atoms with Crippen LogP contribution in [0.15, 0.2) is 54.6 Å². The fraction of sp³-hybridized carbons (Fsp3) is 0.250. The third-order valence-corrected chi connectivity index (χ3v) is 4.28. The van der Waals surface area contributed by atoms with Crippen LogP contribution in [-0.4, -0.2) is 27.2 Å². The van der Waals surface area contributed by atoms with Gasteiger partial charge in [-0.25, -0.2) is 8.42 Å². The lowest BCUT2D eigenvalue weighted by molar-refractivity contribution is -0.116. The highest BCUT2D eigenvalue weighted by molar-refractivity contribution is 7.92. The normalized spacial score (nSPS) is 11.5. The Kier molecular flexibility index (Phi) is 7.57. The molecule has 0 heterocycles. The number of hydrogen-bond donors (Lipinski definition) is 2. The van der Waals surface area contributed by atoms with Crippen LogP contribution in [0.2, 0.25) is 0 Å². The first kappa shape index (κ1) is 20.7. The summed E-state index contributed by atoms with van der Waals surface area (Å²) in [6.07, 6.45) is 4.22. The van der Waals surface area contributed by atoms with E-state index in [1.54, 1.807) is 30.3 Å². The number of sulfonamides is 1. The van der Waals surface area contributed by atoms with Crippen molar-refractivity contribution in [3.05, 3.63) is 71.3 Å². The topological polar surface area (TPSA) is 84.5 Å². The summed E-state index contributed by atoms with van der Waals surface area (Å²) in [6, 6.07) is 14.6. The second-order valence-electron chi connectivity index (χ2n) is 5.95. The van der Waals surface area contributed by atoms with Gasteiger partial charge in [-0.05, 0) is 41.8 Å². The molecule has 2 aromatic carbocycles. The molecule has 0 saturated heterocycles. The lowest BCUT2D eigenvalue weighted by Gasteiger charge is -2.09. The molecule has 1 amide bonds. The van der Waals surface area contributed by atoms with Gasteiger partial charge < -0.3 is 10.1 Å². The van der Waals surface area contributed by atoms with Gasteiger partial charge in [-0.3, -0.25) is 9.52 Å². The molecule has 0 aliphatic rings. The van der Waals surface area contributed by atoms with Crippen LogP contribution < -0.4 is 10.0 Å². The molecule has 0 fully saturated rings. The van der Waals surface area contributed by atoms with Crippen molar-refractivity contribution in [2.45, 2.75) is 20.1 Å². The van der Waals surface area contributed by atoms with E-state index >= 15 is 0 Å². The number of amides is 1. The first-order valence-corrected chi connectivity index (χ1v) is 10.4. The Bertz CT molecular complexity index is 890. The van der Waals surface area contributed by atoms with E-state index in [9.17, 15) is 13.2 Å². The molecule has 0 spiro atoms. The molecular weight excluding hydrogens is 364 g/mol. The number of carbonyl (C=O) groups excluding carboxylic acids is 1. The van der Waals surface area contributed by atoms with Gasteiger partial charge in [0.05, 0.1) is 12.9 Å². The molecule has 0 atom stereocenters. The third-order valence-electron chi connectivity index (χ3n) is 3.67. The molecule has 0 aromatic heterocycles. The second-order valence-corrected chi connectivity index (χ2v) is 7.70. The number of ether oxygens (including phenoxy) is 1. The van der Waals surface area contributed by atoms with Crippen LogP contribution in [-0.2, 0) is 32.7 Å². The first-order valence-electron chi connectivity index (χ1n) is 8.55. The predicted molar refractivity (Wildman–Crippen MR) is 108 cm³/mol. The van der Waals surface area contributed by atoms with E-state index in [1.807, 2.05) is 31.2 Å².